The standard InChI is InChI=1S/C16H21N3O4/c1-5-22-16(21)15-10(3)12(17-11(15)4)6-7-14(20)18-13-8-9(2)23-19-13/h8,17H,5-7H2,1-4H3,(H,18,19,20). The summed E-state index contributed by atoms with van der Waals surface area (Å²) in [6.45, 7) is 7.53. The van der Waals surface area contributed by atoms with E-state index in [0.717, 1.165) is 17.0 Å². The Balaban J connectivity index is 1.99. The maximum absolute atomic E-state index is 11.9. The Labute approximate surface area is 134 Å². The van der Waals surface area contributed by atoms with Gasteiger partial charge in [0.1, 0.15) is 5.76 Å². The topological polar surface area (TPSA) is 97.2 Å². The second-order valence-electron chi connectivity index (χ2n) is 5.32. The molecule has 0 aliphatic carbocycles. The van der Waals surface area contributed by atoms with Crippen molar-refractivity contribution in [3.63, 3.8) is 0 Å². The molecule has 0 radical (unpaired) electrons. The summed E-state index contributed by atoms with van der Waals surface area (Å²) in [5.41, 5.74) is 2.99. The van der Waals surface area contributed by atoms with E-state index in [-0.39, 0.29) is 18.3 Å². The molecular weight excluding hydrogens is 298 g/mol. The first-order valence-electron chi connectivity index (χ1n) is 7.50. The van der Waals surface area contributed by atoms with Crippen molar-refractivity contribution in [1.82, 2.24) is 10.1 Å². The maximum atomic E-state index is 11.9. The number of nitrogens with one attached hydrogen (secondary N) is 2. The van der Waals surface area contributed by atoms with Crippen molar-refractivity contribution in [3.05, 3.63) is 34.3 Å². The first kappa shape index (κ1) is 16.8. The van der Waals surface area contributed by atoms with Crippen LogP contribution < -0.4 is 5.32 Å². The quantitative estimate of drug-likeness (QED) is 0.798. The summed E-state index contributed by atoms with van der Waals surface area (Å²) in [6.07, 6.45) is 0.768. The Morgan fingerprint density at radius 3 is 2.70 bits per heavy atom. The van der Waals surface area contributed by atoms with Gasteiger partial charge in [0.2, 0.25) is 5.91 Å². The molecule has 2 heterocycles. The molecule has 0 spiro atoms. The highest BCUT2D eigenvalue weighted by molar-refractivity contribution is 5.93. The van der Waals surface area contributed by atoms with Crippen LogP contribution in [0.5, 0.6) is 0 Å². The molecule has 7 nitrogen and oxygen atoms in total. The third-order valence-corrected chi connectivity index (χ3v) is 3.52. The molecule has 124 valence electrons. The fraction of sp³-hybridized carbons (Fsp3) is 0.438. The Bertz CT molecular complexity index is 715. The highest BCUT2D eigenvalue weighted by atomic mass is 16.5. The first-order valence-corrected chi connectivity index (χ1v) is 7.50. The molecule has 0 aliphatic heterocycles. The number of esters is 1. The molecule has 2 aromatic rings. The van der Waals surface area contributed by atoms with Crippen LogP contribution in [-0.2, 0) is 16.0 Å². The summed E-state index contributed by atoms with van der Waals surface area (Å²) in [5.74, 6) is 0.532. The van der Waals surface area contributed by atoms with E-state index in [1.54, 1.807) is 19.9 Å². The predicted octanol–water partition coefficient (Wildman–Crippen LogP) is 2.68. The third-order valence-electron chi connectivity index (χ3n) is 3.52. The molecule has 0 atom stereocenters. The Hall–Kier alpha value is -2.57. The summed E-state index contributed by atoms with van der Waals surface area (Å²) in [7, 11) is 0. The minimum absolute atomic E-state index is 0.164. The summed E-state index contributed by atoms with van der Waals surface area (Å²) in [4.78, 5) is 27.0. The molecule has 0 saturated carbocycles. The number of aromatic nitrogens is 2. The van der Waals surface area contributed by atoms with E-state index in [4.69, 9.17) is 9.26 Å². The number of amides is 1. The first-order chi connectivity index (χ1) is 10.9. The smallest absolute Gasteiger partial charge is 0.340 e. The molecule has 1 amide bonds. The highest BCUT2D eigenvalue weighted by Gasteiger charge is 2.19. The normalized spacial score (nSPS) is 10.6. The Morgan fingerprint density at radius 1 is 1.35 bits per heavy atom. The monoisotopic (exact) mass is 319 g/mol. The molecule has 0 saturated heterocycles. The molecule has 23 heavy (non-hydrogen) atoms. The minimum atomic E-state index is -0.340. The average molecular weight is 319 g/mol. The van der Waals surface area contributed by atoms with Gasteiger partial charge in [-0.15, -0.1) is 0 Å². The number of carbonyl (C=O) groups excluding carboxylic acids is 2. The number of aromatic amines is 1. The zero-order chi connectivity index (χ0) is 17.0. The molecule has 2 rings (SSSR count). The summed E-state index contributed by atoms with van der Waals surface area (Å²) >= 11 is 0. The van der Waals surface area contributed by atoms with Crippen LogP contribution in [0.3, 0.4) is 0 Å². The lowest BCUT2D eigenvalue weighted by atomic mass is 10.1. The number of hydrogen-bond acceptors (Lipinski definition) is 5. The van der Waals surface area contributed by atoms with Crippen LogP contribution in [0.2, 0.25) is 0 Å². The summed E-state index contributed by atoms with van der Waals surface area (Å²) in [5, 5.41) is 6.38. The fourth-order valence-corrected chi connectivity index (χ4v) is 2.44. The molecule has 2 aromatic heterocycles. The lowest BCUT2D eigenvalue weighted by Crippen LogP contribution is -2.13. The van der Waals surface area contributed by atoms with Crippen LogP contribution in [0.25, 0.3) is 0 Å². The van der Waals surface area contributed by atoms with E-state index in [9.17, 15) is 9.59 Å². The van der Waals surface area contributed by atoms with E-state index in [0.29, 0.717) is 30.2 Å². The van der Waals surface area contributed by atoms with Crippen molar-refractivity contribution >= 4 is 17.7 Å². The van der Waals surface area contributed by atoms with Crippen molar-refractivity contribution in [3.8, 4) is 0 Å². The van der Waals surface area contributed by atoms with E-state index in [2.05, 4.69) is 15.5 Å². The van der Waals surface area contributed by atoms with Crippen LogP contribution >= 0.6 is 0 Å². The van der Waals surface area contributed by atoms with Gasteiger partial charge in [-0.05, 0) is 39.7 Å². The number of rotatable bonds is 6. The van der Waals surface area contributed by atoms with Gasteiger partial charge in [0.25, 0.3) is 0 Å². The van der Waals surface area contributed by atoms with Crippen molar-refractivity contribution in [2.45, 2.75) is 40.5 Å². The van der Waals surface area contributed by atoms with Crippen LogP contribution in [0.15, 0.2) is 10.6 Å². The van der Waals surface area contributed by atoms with Gasteiger partial charge in [0.05, 0.1) is 12.2 Å². The third kappa shape index (κ3) is 4.00. The number of anilines is 1. The van der Waals surface area contributed by atoms with Gasteiger partial charge in [-0.2, -0.15) is 0 Å². The predicted molar refractivity (Wildman–Crippen MR) is 84.4 cm³/mol. The van der Waals surface area contributed by atoms with Crippen molar-refractivity contribution < 1.29 is 18.8 Å². The largest absolute Gasteiger partial charge is 0.462 e. The number of ether oxygens (including phenoxy) is 1. The molecule has 7 heteroatoms. The zero-order valence-electron chi connectivity index (χ0n) is 13.8. The zero-order valence-corrected chi connectivity index (χ0v) is 13.8. The lowest BCUT2D eigenvalue weighted by molar-refractivity contribution is -0.116. The molecule has 2 N–H and O–H groups in total. The van der Waals surface area contributed by atoms with Gasteiger partial charge in [-0.25, -0.2) is 4.79 Å². The second-order valence-corrected chi connectivity index (χ2v) is 5.32. The molecule has 0 unspecified atom stereocenters. The Morgan fingerprint density at radius 2 is 2.09 bits per heavy atom. The van der Waals surface area contributed by atoms with Gasteiger partial charge in [0.15, 0.2) is 5.82 Å². The molecule has 0 aliphatic rings. The van der Waals surface area contributed by atoms with Gasteiger partial charge < -0.3 is 19.6 Å². The number of carbonyl (C=O) groups is 2. The number of hydrogen-bond donors (Lipinski definition) is 2. The maximum Gasteiger partial charge on any atom is 0.340 e. The Kier molecular flexibility index (Phi) is 5.20. The molecular formula is C16H21N3O4. The van der Waals surface area contributed by atoms with Gasteiger partial charge in [-0.3, -0.25) is 4.79 Å². The molecule has 0 fully saturated rings. The number of H-pyrrole nitrogens is 1. The average Bonchev–Trinajstić information content (AvgIpc) is 3.00. The summed E-state index contributed by atoms with van der Waals surface area (Å²) in [6, 6.07) is 1.65. The van der Waals surface area contributed by atoms with Crippen LogP contribution in [0.1, 0.15) is 46.4 Å². The lowest BCUT2D eigenvalue weighted by Gasteiger charge is -2.03. The van der Waals surface area contributed by atoms with E-state index in [1.165, 1.54) is 0 Å². The second kappa shape index (κ2) is 7.13. The van der Waals surface area contributed by atoms with E-state index < -0.39 is 0 Å². The van der Waals surface area contributed by atoms with E-state index >= 15 is 0 Å². The summed E-state index contributed by atoms with van der Waals surface area (Å²) < 4.78 is 9.95. The molecule has 0 aromatic carbocycles. The van der Waals surface area contributed by atoms with E-state index in [1.807, 2.05) is 13.8 Å². The van der Waals surface area contributed by atoms with Gasteiger partial charge in [-0.1, -0.05) is 5.16 Å². The van der Waals surface area contributed by atoms with Crippen LogP contribution in [-0.4, -0.2) is 28.6 Å². The van der Waals surface area contributed by atoms with Gasteiger partial charge >= 0.3 is 5.97 Å². The number of aryl methyl sites for hydroxylation is 3. The van der Waals surface area contributed by atoms with Crippen molar-refractivity contribution in [1.29, 1.82) is 0 Å². The van der Waals surface area contributed by atoms with Gasteiger partial charge in [0, 0.05) is 23.9 Å². The minimum Gasteiger partial charge on any atom is -0.462 e. The SMILES string of the molecule is CCOC(=O)c1c(C)[nH]c(CCC(=O)Nc2cc(C)on2)c1C. The fourth-order valence-electron chi connectivity index (χ4n) is 2.44. The number of nitrogens with zero attached hydrogens (tertiary/aromatic N) is 1. The van der Waals surface area contributed by atoms with Crippen molar-refractivity contribution in [2.75, 3.05) is 11.9 Å². The van der Waals surface area contributed by atoms with Crippen molar-refractivity contribution in [2.24, 2.45) is 0 Å². The molecule has 0 bridgehead atoms. The highest BCUT2D eigenvalue weighted by Crippen LogP contribution is 2.20. The van der Waals surface area contributed by atoms with Crippen LogP contribution in [0, 0.1) is 20.8 Å². The van der Waals surface area contributed by atoms with Crippen LogP contribution in [0.4, 0.5) is 5.82 Å².